The summed E-state index contributed by atoms with van der Waals surface area (Å²) in [6.07, 6.45) is 5.30. The van der Waals surface area contributed by atoms with Crippen molar-refractivity contribution in [2.75, 3.05) is 13.1 Å². The molecule has 1 aliphatic rings. The minimum absolute atomic E-state index is 0.0908. The lowest BCUT2D eigenvalue weighted by Gasteiger charge is -2.32. The maximum atomic E-state index is 12.6. The highest BCUT2D eigenvalue weighted by atomic mass is 35.5. The van der Waals surface area contributed by atoms with Gasteiger partial charge in [-0.05, 0) is 55.0 Å². The van der Waals surface area contributed by atoms with Crippen LogP contribution in [0, 0.1) is 5.92 Å². The average Bonchev–Trinajstić information content (AvgIpc) is 3.05. The molecule has 1 amide bonds. The van der Waals surface area contributed by atoms with E-state index < -0.39 is 0 Å². The smallest absolute Gasteiger partial charge is 0.253 e. The predicted molar refractivity (Wildman–Crippen MR) is 102 cm³/mol. The van der Waals surface area contributed by atoms with Gasteiger partial charge in [0.05, 0.1) is 0 Å². The summed E-state index contributed by atoms with van der Waals surface area (Å²) in [6, 6.07) is 15.7. The molecular formula is C21H21ClN2O. The second kappa shape index (κ2) is 6.93. The number of aromatic nitrogens is 1. The molecule has 25 heavy (non-hydrogen) atoms. The Morgan fingerprint density at radius 3 is 2.72 bits per heavy atom. The van der Waals surface area contributed by atoms with Gasteiger partial charge in [-0.3, -0.25) is 4.79 Å². The van der Waals surface area contributed by atoms with Crippen molar-refractivity contribution in [3.63, 3.8) is 0 Å². The number of halogens is 1. The molecule has 1 N–H and O–H groups in total. The van der Waals surface area contributed by atoms with Gasteiger partial charge in [0, 0.05) is 40.8 Å². The SMILES string of the molecule is O=C(c1cccc(Cl)c1)N1CCC(Cc2c[nH]c3ccccc23)CC1. The lowest BCUT2D eigenvalue weighted by molar-refractivity contribution is 0.0690. The Morgan fingerprint density at radius 2 is 1.92 bits per heavy atom. The zero-order chi connectivity index (χ0) is 17.2. The number of fused-ring (bicyclic) bond motifs is 1. The number of amides is 1. The average molecular weight is 353 g/mol. The first-order chi connectivity index (χ1) is 12.2. The minimum Gasteiger partial charge on any atom is -0.361 e. The van der Waals surface area contributed by atoms with E-state index in [0.717, 1.165) is 32.4 Å². The van der Waals surface area contributed by atoms with E-state index in [4.69, 9.17) is 11.6 Å². The molecule has 1 aromatic heterocycles. The van der Waals surface area contributed by atoms with Crippen molar-refractivity contribution in [3.05, 3.63) is 70.9 Å². The Morgan fingerprint density at radius 1 is 1.12 bits per heavy atom. The molecule has 128 valence electrons. The summed E-state index contributed by atoms with van der Waals surface area (Å²) in [7, 11) is 0. The van der Waals surface area contributed by atoms with Crippen LogP contribution in [0.2, 0.25) is 5.02 Å². The van der Waals surface area contributed by atoms with Crippen molar-refractivity contribution >= 4 is 28.4 Å². The van der Waals surface area contributed by atoms with E-state index in [1.165, 1.54) is 16.5 Å². The number of carbonyl (C=O) groups excluding carboxylic acids is 1. The van der Waals surface area contributed by atoms with Crippen molar-refractivity contribution in [1.29, 1.82) is 0 Å². The first-order valence-electron chi connectivity index (χ1n) is 8.80. The highest BCUT2D eigenvalue weighted by Crippen LogP contribution is 2.27. The van der Waals surface area contributed by atoms with Crippen LogP contribution in [0.5, 0.6) is 0 Å². The van der Waals surface area contributed by atoms with Crippen LogP contribution in [0.15, 0.2) is 54.7 Å². The lowest BCUT2D eigenvalue weighted by Crippen LogP contribution is -2.38. The van der Waals surface area contributed by atoms with Crippen LogP contribution in [0.3, 0.4) is 0 Å². The second-order valence-electron chi connectivity index (χ2n) is 6.81. The van der Waals surface area contributed by atoms with Gasteiger partial charge < -0.3 is 9.88 Å². The number of piperidine rings is 1. The van der Waals surface area contributed by atoms with E-state index in [0.29, 0.717) is 16.5 Å². The summed E-state index contributed by atoms with van der Waals surface area (Å²) >= 11 is 6.00. The highest BCUT2D eigenvalue weighted by molar-refractivity contribution is 6.30. The summed E-state index contributed by atoms with van der Waals surface area (Å²) < 4.78 is 0. The minimum atomic E-state index is 0.0908. The van der Waals surface area contributed by atoms with Crippen LogP contribution in [-0.4, -0.2) is 28.9 Å². The van der Waals surface area contributed by atoms with E-state index in [2.05, 4.69) is 35.4 Å². The quantitative estimate of drug-likeness (QED) is 0.713. The summed E-state index contributed by atoms with van der Waals surface area (Å²) in [6.45, 7) is 1.64. The molecule has 0 unspecified atom stereocenters. The molecule has 0 spiro atoms. The maximum absolute atomic E-state index is 12.6. The first-order valence-corrected chi connectivity index (χ1v) is 9.18. The maximum Gasteiger partial charge on any atom is 0.253 e. The third kappa shape index (κ3) is 3.42. The molecule has 1 aliphatic heterocycles. The summed E-state index contributed by atoms with van der Waals surface area (Å²) in [5.74, 6) is 0.718. The van der Waals surface area contributed by atoms with Gasteiger partial charge in [0.2, 0.25) is 0 Å². The fourth-order valence-corrected chi connectivity index (χ4v) is 3.95. The highest BCUT2D eigenvalue weighted by Gasteiger charge is 2.24. The van der Waals surface area contributed by atoms with Gasteiger partial charge in [-0.25, -0.2) is 0 Å². The molecule has 3 nitrogen and oxygen atoms in total. The number of aromatic amines is 1. The zero-order valence-electron chi connectivity index (χ0n) is 14.0. The molecule has 0 aliphatic carbocycles. The molecule has 3 aromatic rings. The Labute approximate surface area is 152 Å². The first kappa shape index (κ1) is 16.2. The van der Waals surface area contributed by atoms with Crippen LogP contribution in [0.1, 0.15) is 28.8 Å². The van der Waals surface area contributed by atoms with Gasteiger partial charge in [-0.2, -0.15) is 0 Å². The number of hydrogen-bond donors (Lipinski definition) is 1. The lowest BCUT2D eigenvalue weighted by atomic mass is 9.90. The van der Waals surface area contributed by atoms with Gasteiger partial charge >= 0.3 is 0 Å². The molecule has 2 heterocycles. The molecule has 1 saturated heterocycles. The fraction of sp³-hybridized carbons (Fsp3) is 0.286. The number of rotatable bonds is 3. The molecule has 0 atom stereocenters. The monoisotopic (exact) mass is 352 g/mol. The molecule has 2 aromatic carbocycles. The Bertz CT molecular complexity index is 894. The van der Waals surface area contributed by atoms with Gasteiger partial charge in [-0.15, -0.1) is 0 Å². The van der Waals surface area contributed by atoms with Crippen LogP contribution in [-0.2, 0) is 6.42 Å². The van der Waals surface area contributed by atoms with E-state index in [-0.39, 0.29) is 5.91 Å². The van der Waals surface area contributed by atoms with Crippen molar-refractivity contribution in [1.82, 2.24) is 9.88 Å². The van der Waals surface area contributed by atoms with Gasteiger partial charge in [0.15, 0.2) is 0 Å². The number of hydrogen-bond acceptors (Lipinski definition) is 1. The summed E-state index contributed by atoms with van der Waals surface area (Å²) in [5.41, 5.74) is 3.27. The predicted octanol–water partition coefficient (Wildman–Crippen LogP) is 4.92. The molecular weight excluding hydrogens is 332 g/mol. The number of nitrogens with zero attached hydrogens (tertiary/aromatic N) is 1. The standard InChI is InChI=1S/C21H21ClN2O/c22-18-5-3-4-16(13-18)21(25)24-10-8-15(9-11-24)12-17-14-23-20-7-2-1-6-19(17)20/h1-7,13-15,23H,8-12H2. The van der Waals surface area contributed by atoms with Crippen LogP contribution >= 0.6 is 11.6 Å². The Hall–Kier alpha value is -2.26. The topological polar surface area (TPSA) is 36.1 Å². The molecule has 0 bridgehead atoms. The fourth-order valence-electron chi connectivity index (χ4n) is 3.76. The van der Waals surface area contributed by atoms with E-state index >= 15 is 0 Å². The van der Waals surface area contributed by atoms with Crippen molar-refractivity contribution < 1.29 is 4.79 Å². The van der Waals surface area contributed by atoms with E-state index in [1.807, 2.05) is 17.0 Å². The molecule has 0 saturated carbocycles. The second-order valence-corrected chi connectivity index (χ2v) is 7.25. The van der Waals surface area contributed by atoms with Crippen molar-refractivity contribution in [2.45, 2.75) is 19.3 Å². The number of benzene rings is 2. The third-order valence-electron chi connectivity index (χ3n) is 5.16. The van der Waals surface area contributed by atoms with Gasteiger partial charge in [0.25, 0.3) is 5.91 Å². The number of likely N-dealkylation sites (tertiary alicyclic amines) is 1. The van der Waals surface area contributed by atoms with E-state index in [1.54, 1.807) is 12.1 Å². The summed E-state index contributed by atoms with van der Waals surface area (Å²) in [4.78, 5) is 17.9. The van der Waals surface area contributed by atoms with Crippen LogP contribution in [0.4, 0.5) is 0 Å². The molecule has 1 fully saturated rings. The number of nitrogens with one attached hydrogen (secondary N) is 1. The van der Waals surface area contributed by atoms with Gasteiger partial charge in [-0.1, -0.05) is 35.9 Å². The zero-order valence-corrected chi connectivity index (χ0v) is 14.8. The molecule has 4 rings (SSSR count). The Balaban J connectivity index is 1.39. The van der Waals surface area contributed by atoms with Crippen LogP contribution in [0.25, 0.3) is 10.9 Å². The third-order valence-corrected chi connectivity index (χ3v) is 5.39. The van der Waals surface area contributed by atoms with Crippen molar-refractivity contribution in [3.8, 4) is 0 Å². The number of H-pyrrole nitrogens is 1. The number of carbonyl (C=O) groups is 1. The molecule has 0 radical (unpaired) electrons. The van der Waals surface area contributed by atoms with Crippen molar-refractivity contribution in [2.24, 2.45) is 5.92 Å². The normalized spacial score (nSPS) is 15.6. The van der Waals surface area contributed by atoms with Gasteiger partial charge in [0.1, 0.15) is 0 Å². The Kier molecular flexibility index (Phi) is 4.50. The molecule has 4 heteroatoms. The number of para-hydroxylation sites is 1. The van der Waals surface area contributed by atoms with Crippen LogP contribution < -0.4 is 0 Å². The summed E-state index contributed by atoms with van der Waals surface area (Å²) in [5, 5.41) is 1.93. The largest absolute Gasteiger partial charge is 0.361 e. The van der Waals surface area contributed by atoms with E-state index in [9.17, 15) is 4.79 Å².